The minimum atomic E-state index is -0.739. The van der Waals surface area contributed by atoms with Crippen molar-refractivity contribution in [3.8, 4) is 44.5 Å². The van der Waals surface area contributed by atoms with Crippen LogP contribution in [0.15, 0.2) is 186 Å². The standard InChI is InChI=1S/C48H30O/c1-3-13-31(14-4-1)37-25-23-35(28-42(37)32-15-5-2-6-16-32)47-38-19-9-11-21-40(38)48(41-22-12-10-20-39(41)47)36-24-26-45-43(29-36)44-27-33-17-7-8-18-34(33)30-46(44)49-45/h1-30H/i1D,2D,3D,4D,5D,6D,13D,14D,15D,16D,23D,25D,28D. The van der Waals surface area contributed by atoms with Gasteiger partial charge in [-0.3, -0.25) is 0 Å². The van der Waals surface area contributed by atoms with Gasteiger partial charge in [0.25, 0.3) is 0 Å². The lowest BCUT2D eigenvalue weighted by Gasteiger charge is -2.19. The Morgan fingerprint density at radius 1 is 0.367 bits per heavy atom. The molecule has 0 N–H and O–H groups in total. The van der Waals surface area contributed by atoms with Crippen LogP contribution >= 0.6 is 0 Å². The van der Waals surface area contributed by atoms with E-state index in [2.05, 4.69) is 18.2 Å². The molecule has 0 spiro atoms. The highest BCUT2D eigenvalue weighted by Gasteiger charge is 2.19. The highest BCUT2D eigenvalue weighted by Crippen LogP contribution is 2.46. The van der Waals surface area contributed by atoms with E-state index in [4.69, 9.17) is 18.1 Å². The average Bonchev–Trinajstić information content (AvgIpc) is 3.64. The molecule has 0 unspecified atom stereocenters. The van der Waals surface area contributed by atoms with E-state index in [1.54, 1.807) is 0 Å². The largest absolute Gasteiger partial charge is 0.456 e. The van der Waals surface area contributed by atoms with Gasteiger partial charge in [-0.15, -0.1) is 0 Å². The molecule has 10 aromatic rings. The van der Waals surface area contributed by atoms with Crippen LogP contribution in [0.5, 0.6) is 0 Å². The third-order valence-corrected chi connectivity index (χ3v) is 9.12. The predicted molar refractivity (Wildman–Crippen MR) is 208 cm³/mol. The molecule has 0 fully saturated rings. The fourth-order valence-electron chi connectivity index (χ4n) is 6.98. The summed E-state index contributed by atoms with van der Waals surface area (Å²) in [6.07, 6.45) is 0. The van der Waals surface area contributed by atoms with E-state index < -0.39 is 101 Å². The van der Waals surface area contributed by atoms with E-state index in [0.29, 0.717) is 21.9 Å². The lowest BCUT2D eigenvalue weighted by molar-refractivity contribution is 0.669. The van der Waals surface area contributed by atoms with Crippen LogP contribution in [0.25, 0.3) is 98.8 Å². The Bertz CT molecular complexity index is 3510. The van der Waals surface area contributed by atoms with Crippen molar-refractivity contribution >= 4 is 54.3 Å². The molecule has 1 heteroatoms. The second-order valence-corrected chi connectivity index (χ2v) is 11.8. The normalized spacial score (nSPS) is 15.4. The molecule has 0 saturated carbocycles. The molecular formula is C48H30O. The van der Waals surface area contributed by atoms with Gasteiger partial charge in [0.05, 0.1) is 17.8 Å². The van der Waals surface area contributed by atoms with Gasteiger partial charge >= 0.3 is 0 Å². The van der Waals surface area contributed by atoms with E-state index >= 15 is 0 Å². The van der Waals surface area contributed by atoms with Crippen molar-refractivity contribution in [3.63, 3.8) is 0 Å². The Kier molecular flexibility index (Phi) is 3.99. The monoisotopic (exact) mass is 635 g/mol. The first-order valence-corrected chi connectivity index (χ1v) is 15.8. The van der Waals surface area contributed by atoms with Crippen LogP contribution in [-0.4, -0.2) is 0 Å². The zero-order chi connectivity index (χ0) is 43.6. The highest BCUT2D eigenvalue weighted by atomic mass is 16.3. The van der Waals surface area contributed by atoms with E-state index in [0.717, 1.165) is 49.0 Å². The third-order valence-electron chi connectivity index (χ3n) is 9.12. The molecule has 1 nitrogen and oxygen atoms in total. The topological polar surface area (TPSA) is 13.1 Å². The Balaban J connectivity index is 1.34. The number of rotatable bonds is 4. The van der Waals surface area contributed by atoms with Gasteiger partial charge in [-0.25, -0.2) is 0 Å². The van der Waals surface area contributed by atoms with Crippen LogP contribution in [0.4, 0.5) is 0 Å². The molecule has 1 aromatic heterocycles. The number of furan rings is 1. The SMILES string of the molecule is [2H]c1c([2H])c([2H])c(-c2c([2H])c([2H])c(-c3c4ccccc4c(-c4ccc5oc6cc7ccccc7cc6c5c4)c4ccccc34)c([2H])c2-c2c([2H])c([2H])c([2H])c([2H])c2[2H])c([2H])c1[2H]. The summed E-state index contributed by atoms with van der Waals surface area (Å²) in [5.41, 5.74) is 1.49. The zero-order valence-electron chi connectivity index (χ0n) is 38.7. The summed E-state index contributed by atoms with van der Waals surface area (Å²) in [7, 11) is 0. The Morgan fingerprint density at radius 2 is 0.898 bits per heavy atom. The summed E-state index contributed by atoms with van der Waals surface area (Å²) in [4.78, 5) is 0. The molecule has 0 bridgehead atoms. The minimum absolute atomic E-state index is 0.102. The van der Waals surface area contributed by atoms with Crippen molar-refractivity contribution in [2.75, 3.05) is 0 Å². The maximum absolute atomic E-state index is 10.00. The van der Waals surface area contributed by atoms with Crippen LogP contribution in [0.2, 0.25) is 0 Å². The molecule has 0 radical (unpaired) electrons. The molecule has 0 aliphatic heterocycles. The van der Waals surface area contributed by atoms with Gasteiger partial charge in [0.1, 0.15) is 11.2 Å². The fraction of sp³-hybridized carbons (Fsp3) is 0. The molecule has 49 heavy (non-hydrogen) atoms. The Morgan fingerprint density at radius 3 is 1.53 bits per heavy atom. The van der Waals surface area contributed by atoms with Crippen LogP contribution in [0, 0.1) is 0 Å². The quantitative estimate of drug-likeness (QED) is 0.175. The minimum Gasteiger partial charge on any atom is -0.456 e. The van der Waals surface area contributed by atoms with Crippen LogP contribution in [0.3, 0.4) is 0 Å². The zero-order valence-corrected chi connectivity index (χ0v) is 25.7. The summed E-state index contributed by atoms with van der Waals surface area (Å²) in [5, 5.41) is 6.65. The van der Waals surface area contributed by atoms with Gasteiger partial charge in [-0.1, -0.05) is 151 Å². The van der Waals surface area contributed by atoms with Gasteiger partial charge in [0.15, 0.2) is 0 Å². The van der Waals surface area contributed by atoms with Crippen molar-refractivity contribution < 1.29 is 22.2 Å². The first kappa shape index (κ1) is 17.6. The molecular weight excluding hydrogens is 593 g/mol. The molecule has 1 heterocycles. The molecule has 0 saturated heterocycles. The molecule has 0 aliphatic carbocycles. The second kappa shape index (κ2) is 11.1. The third kappa shape index (κ3) is 4.47. The molecule has 0 amide bonds. The first-order chi connectivity index (χ1) is 29.7. The Labute approximate surface area is 302 Å². The molecule has 10 rings (SSSR count). The lowest BCUT2D eigenvalue weighted by Crippen LogP contribution is -1.92. The van der Waals surface area contributed by atoms with Crippen molar-refractivity contribution in [1.82, 2.24) is 0 Å². The summed E-state index contributed by atoms with van der Waals surface area (Å²) >= 11 is 0. The predicted octanol–water partition coefficient (Wildman–Crippen LogP) is 13.7. The van der Waals surface area contributed by atoms with Gasteiger partial charge in [0.2, 0.25) is 0 Å². The smallest absolute Gasteiger partial charge is 0.136 e. The highest BCUT2D eigenvalue weighted by molar-refractivity contribution is 6.22. The van der Waals surface area contributed by atoms with E-state index in [1.807, 2.05) is 84.9 Å². The van der Waals surface area contributed by atoms with E-state index in [1.165, 1.54) is 0 Å². The van der Waals surface area contributed by atoms with Crippen molar-refractivity contribution in [3.05, 3.63) is 182 Å². The number of fused-ring (bicyclic) bond motifs is 6. The molecule has 9 aromatic carbocycles. The number of benzene rings is 9. The van der Waals surface area contributed by atoms with Crippen molar-refractivity contribution in [2.24, 2.45) is 0 Å². The summed E-state index contributed by atoms with van der Waals surface area (Å²) in [6.45, 7) is 0. The molecule has 228 valence electrons. The summed E-state index contributed by atoms with van der Waals surface area (Å²) in [5.74, 6) is 0. The molecule has 0 aliphatic rings. The maximum atomic E-state index is 10.00. The van der Waals surface area contributed by atoms with Gasteiger partial charge in [-0.05, 0) is 107 Å². The number of hydrogen-bond acceptors (Lipinski definition) is 1. The second-order valence-electron chi connectivity index (χ2n) is 11.8. The average molecular weight is 636 g/mol. The Hall–Kier alpha value is -6.44. The van der Waals surface area contributed by atoms with Crippen molar-refractivity contribution in [2.45, 2.75) is 0 Å². The summed E-state index contributed by atoms with van der Waals surface area (Å²) in [6, 6.07) is 24.2. The van der Waals surface area contributed by atoms with Crippen LogP contribution in [-0.2, 0) is 0 Å². The fourth-order valence-corrected chi connectivity index (χ4v) is 6.98. The number of hydrogen-bond donors (Lipinski definition) is 0. The van der Waals surface area contributed by atoms with E-state index in [9.17, 15) is 4.11 Å². The van der Waals surface area contributed by atoms with E-state index in [-0.39, 0.29) is 5.56 Å². The summed E-state index contributed by atoms with van der Waals surface area (Å²) < 4.78 is 122. The van der Waals surface area contributed by atoms with Crippen LogP contribution < -0.4 is 0 Å². The van der Waals surface area contributed by atoms with Gasteiger partial charge in [0, 0.05) is 10.8 Å². The van der Waals surface area contributed by atoms with Gasteiger partial charge < -0.3 is 4.42 Å². The van der Waals surface area contributed by atoms with Crippen molar-refractivity contribution in [1.29, 1.82) is 0 Å². The van der Waals surface area contributed by atoms with Gasteiger partial charge in [-0.2, -0.15) is 0 Å². The van der Waals surface area contributed by atoms with Crippen LogP contribution in [0.1, 0.15) is 17.8 Å². The first-order valence-electron chi connectivity index (χ1n) is 22.3. The lowest BCUT2D eigenvalue weighted by atomic mass is 9.84. The maximum Gasteiger partial charge on any atom is 0.136 e. The molecule has 0 atom stereocenters.